The molecule has 0 amide bonds. The van der Waals surface area contributed by atoms with Crippen molar-refractivity contribution in [3.05, 3.63) is 81.7 Å². The zero-order valence-corrected chi connectivity index (χ0v) is 15.5. The predicted octanol–water partition coefficient (Wildman–Crippen LogP) is 4.16. The van der Waals surface area contributed by atoms with Crippen molar-refractivity contribution < 1.29 is 9.21 Å². The van der Waals surface area contributed by atoms with Crippen LogP contribution in [-0.4, -0.2) is 30.3 Å². The van der Waals surface area contributed by atoms with Gasteiger partial charge < -0.3 is 9.32 Å². The first kappa shape index (κ1) is 17.7. The third-order valence-corrected chi connectivity index (χ3v) is 5.46. The fourth-order valence-corrected chi connectivity index (χ4v) is 3.81. The molecule has 0 saturated carbocycles. The predicted molar refractivity (Wildman–Crippen MR) is 106 cm³/mol. The maximum atomic E-state index is 12.6. The number of carbonyl (C=O) groups excluding carboxylic acids is 1. The molecule has 1 aliphatic heterocycles. The number of nitrogens with zero attached hydrogens (tertiary/aromatic N) is 1. The molecule has 1 saturated heterocycles. The van der Waals surface area contributed by atoms with Crippen molar-refractivity contribution >= 4 is 16.8 Å². The Labute approximate surface area is 158 Å². The van der Waals surface area contributed by atoms with Crippen LogP contribution in [0.3, 0.4) is 0 Å². The lowest BCUT2D eigenvalue weighted by Gasteiger charge is -2.16. The minimum absolute atomic E-state index is 0.0685. The largest absolute Gasteiger partial charge is 0.464 e. The van der Waals surface area contributed by atoms with Gasteiger partial charge in [0.1, 0.15) is 5.58 Å². The molecule has 2 heterocycles. The summed E-state index contributed by atoms with van der Waals surface area (Å²) in [6, 6.07) is 15.2. The smallest absolute Gasteiger partial charge is 0.192 e. The number of benzene rings is 2. The molecular formula is C23H23NO3. The van der Waals surface area contributed by atoms with Crippen LogP contribution in [-0.2, 0) is 0 Å². The molecule has 0 N–H and O–H groups in total. The summed E-state index contributed by atoms with van der Waals surface area (Å²) in [5.41, 5.74) is 3.64. The van der Waals surface area contributed by atoms with Gasteiger partial charge in [0.05, 0.1) is 11.6 Å². The van der Waals surface area contributed by atoms with E-state index in [0.717, 1.165) is 26.1 Å². The SMILES string of the molecule is Cc1ccc(C2CCN(CCC(=O)c3ccc4occc(=O)c4c3)C2)cc1. The number of carbonyl (C=O) groups is 1. The lowest BCUT2D eigenvalue weighted by Crippen LogP contribution is -2.23. The van der Waals surface area contributed by atoms with Crippen molar-refractivity contribution in [2.45, 2.75) is 25.7 Å². The molecule has 4 nitrogen and oxygen atoms in total. The van der Waals surface area contributed by atoms with Gasteiger partial charge in [-0.1, -0.05) is 29.8 Å². The van der Waals surface area contributed by atoms with E-state index in [1.54, 1.807) is 18.2 Å². The quantitative estimate of drug-likeness (QED) is 0.640. The number of ketones is 1. The molecule has 27 heavy (non-hydrogen) atoms. The molecule has 0 radical (unpaired) electrons. The van der Waals surface area contributed by atoms with E-state index >= 15 is 0 Å². The Morgan fingerprint density at radius 1 is 1.15 bits per heavy atom. The van der Waals surface area contributed by atoms with Crippen LogP contribution in [0.2, 0.25) is 0 Å². The highest BCUT2D eigenvalue weighted by atomic mass is 16.3. The maximum Gasteiger partial charge on any atom is 0.192 e. The number of fused-ring (bicyclic) bond motifs is 1. The summed E-state index contributed by atoms with van der Waals surface area (Å²) >= 11 is 0. The Kier molecular flexibility index (Phi) is 4.90. The monoisotopic (exact) mass is 361 g/mol. The van der Waals surface area contributed by atoms with Crippen LogP contribution in [0.1, 0.15) is 40.2 Å². The normalized spacial score (nSPS) is 17.4. The highest BCUT2D eigenvalue weighted by molar-refractivity contribution is 5.99. The minimum Gasteiger partial charge on any atom is -0.464 e. The summed E-state index contributed by atoms with van der Waals surface area (Å²) in [7, 11) is 0. The van der Waals surface area contributed by atoms with Gasteiger partial charge in [0.25, 0.3) is 0 Å². The number of hydrogen-bond acceptors (Lipinski definition) is 4. The first-order valence-electron chi connectivity index (χ1n) is 9.44. The van der Waals surface area contributed by atoms with Crippen molar-refractivity contribution in [3.8, 4) is 0 Å². The van der Waals surface area contributed by atoms with Crippen molar-refractivity contribution in [3.63, 3.8) is 0 Å². The Morgan fingerprint density at radius 2 is 1.96 bits per heavy atom. The fourth-order valence-electron chi connectivity index (χ4n) is 3.81. The zero-order valence-electron chi connectivity index (χ0n) is 15.5. The highest BCUT2D eigenvalue weighted by Gasteiger charge is 2.24. The van der Waals surface area contributed by atoms with Gasteiger partial charge in [-0.2, -0.15) is 0 Å². The molecule has 1 unspecified atom stereocenters. The second kappa shape index (κ2) is 7.49. The van der Waals surface area contributed by atoms with E-state index in [-0.39, 0.29) is 11.2 Å². The number of likely N-dealkylation sites (tertiary alicyclic amines) is 1. The van der Waals surface area contributed by atoms with Crippen LogP contribution >= 0.6 is 0 Å². The van der Waals surface area contributed by atoms with Crippen LogP contribution in [0.25, 0.3) is 11.0 Å². The van der Waals surface area contributed by atoms with Crippen molar-refractivity contribution in [2.75, 3.05) is 19.6 Å². The molecule has 1 fully saturated rings. The van der Waals surface area contributed by atoms with Crippen molar-refractivity contribution in [1.29, 1.82) is 0 Å². The molecule has 0 spiro atoms. The van der Waals surface area contributed by atoms with Gasteiger partial charge in [0.2, 0.25) is 0 Å². The van der Waals surface area contributed by atoms with E-state index in [1.165, 1.54) is 23.5 Å². The van der Waals surface area contributed by atoms with Crippen LogP contribution in [0, 0.1) is 6.92 Å². The molecule has 4 rings (SSSR count). The lowest BCUT2D eigenvalue weighted by atomic mass is 9.97. The van der Waals surface area contributed by atoms with Crippen LogP contribution in [0.4, 0.5) is 0 Å². The zero-order chi connectivity index (χ0) is 18.8. The first-order valence-corrected chi connectivity index (χ1v) is 9.44. The van der Waals surface area contributed by atoms with Crippen LogP contribution in [0.15, 0.2) is 64.0 Å². The highest BCUT2D eigenvalue weighted by Crippen LogP contribution is 2.27. The van der Waals surface area contributed by atoms with Gasteiger partial charge in [0.15, 0.2) is 11.2 Å². The molecule has 4 heteroatoms. The second-order valence-corrected chi connectivity index (χ2v) is 7.37. The maximum absolute atomic E-state index is 12.6. The molecule has 2 aromatic carbocycles. The van der Waals surface area contributed by atoms with Gasteiger partial charge in [0, 0.05) is 31.1 Å². The summed E-state index contributed by atoms with van der Waals surface area (Å²) in [5, 5.41) is 0.462. The third kappa shape index (κ3) is 3.86. The molecule has 1 aromatic heterocycles. The standard InChI is InChI=1S/C23H23NO3/c1-16-2-4-17(5-3-16)19-8-11-24(15-19)12-9-21(25)18-6-7-23-20(14-18)22(26)10-13-27-23/h2-7,10,13-14,19H,8-9,11-12,15H2,1H3. The average Bonchev–Trinajstić information content (AvgIpc) is 3.16. The van der Waals surface area contributed by atoms with E-state index in [0.29, 0.717) is 28.9 Å². The molecule has 1 atom stereocenters. The number of rotatable bonds is 5. The minimum atomic E-state index is -0.119. The Morgan fingerprint density at radius 3 is 2.78 bits per heavy atom. The first-order chi connectivity index (χ1) is 13.1. The topological polar surface area (TPSA) is 50.5 Å². The molecule has 1 aliphatic rings. The van der Waals surface area contributed by atoms with Crippen LogP contribution in [0.5, 0.6) is 0 Å². The number of Topliss-reactive ketones (excluding diaryl/α,β-unsaturated/α-hetero) is 1. The van der Waals surface area contributed by atoms with Gasteiger partial charge in [-0.05, 0) is 49.6 Å². The molecular weight excluding hydrogens is 338 g/mol. The molecule has 138 valence electrons. The lowest BCUT2D eigenvalue weighted by molar-refractivity contribution is 0.0969. The Balaban J connectivity index is 1.38. The summed E-state index contributed by atoms with van der Waals surface area (Å²) in [4.78, 5) is 26.9. The van der Waals surface area contributed by atoms with Crippen molar-refractivity contribution in [1.82, 2.24) is 4.90 Å². The van der Waals surface area contributed by atoms with Gasteiger partial charge in [-0.15, -0.1) is 0 Å². The number of hydrogen-bond donors (Lipinski definition) is 0. The summed E-state index contributed by atoms with van der Waals surface area (Å²) in [6.07, 6.45) is 2.97. The summed E-state index contributed by atoms with van der Waals surface area (Å²) < 4.78 is 5.31. The fraction of sp³-hybridized carbons (Fsp3) is 0.304. The average molecular weight is 361 g/mol. The Bertz CT molecular complexity index is 1020. The van der Waals surface area contributed by atoms with Gasteiger partial charge in [-0.3, -0.25) is 9.59 Å². The van der Waals surface area contributed by atoms with E-state index in [1.807, 2.05) is 0 Å². The van der Waals surface area contributed by atoms with Gasteiger partial charge >= 0.3 is 0 Å². The molecule has 0 aliphatic carbocycles. The van der Waals surface area contributed by atoms with Crippen molar-refractivity contribution in [2.24, 2.45) is 0 Å². The number of aryl methyl sites for hydroxylation is 1. The molecule has 0 bridgehead atoms. The van der Waals surface area contributed by atoms with Gasteiger partial charge in [-0.25, -0.2) is 0 Å². The second-order valence-electron chi connectivity index (χ2n) is 7.37. The van der Waals surface area contributed by atoms with E-state index in [4.69, 9.17) is 4.42 Å². The van der Waals surface area contributed by atoms with E-state index in [2.05, 4.69) is 36.1 Å². The summed E-state index contributed by atoms with van der Waals surface area (Å²) in [6.45, 7) is 4.88. The third-order valence-electron chi connectivity index (χ3n) is 5.46. The molecule has 3 aromatic rings. The van der Waals surface area contributed by atoms with E-state index < -0.39 is 0 Å². The van der Waals surface area contributed by atoms with E-state index in [9.17, 15) is 9.59 Å². The van der Waals surface area contributed by atoms with Crippen LogP contribution < -0.4 is 5.43 Å². The Hall–Kier alpha value is -2.72. The summed E-state index contributed by atoms with van der Waals surface area (Å²) in [5.74, 6) is 0.616.